The van der Waals surface area contributed by atoms with Crippen LogP contribution in [0.2, 0.25) is 0 Å². The number of halogens is 1. The lowest BCUT2D eigenvalue weighted by molar-refractivity contribution is 1.10. The van der Waals surface area contributed by atoms with Crippen molar-refractivity contribution in [1.82, 2.24) is 9.65 Å². The molecule has 0 aliphatic carbocycles. The second kappa shape index (κ2) is 6.91. The van der Waals surface area contributed by atoms with Crippen LogP contribution in [0, 0.1) is 11.3 Å². The molecule has 82 valence electrons. The summed E-state index contributed by atoms with van der Waals surface area (Å²) in [4.78, 5) is 4.07. The van der Waals surface area contributed by atoms with Gasteiger partial charge in [0.05, 0.1) is 18.2 Å². The number of thioether (sulfide) groups is 1. The third kappa shape index (κ3) is 4.37. The molecular weight excluding hydrogens is 244 g/mol. The van der Waals surface area contributed by atoms with E-state index in [1.807, 2.05) is 12.1 Å². The van der Waals surface area contributed by atoms with E-state index in [1.165, 1.54) is 11.8 Å². The van der Waals surface area contributed by atoms with Crippen molar-refractivity contribution in [3.8, 4) is 6.07 Å². The molecule has 0 saturated carbocycles. The Morgan fingerprint density at radius 3 is 3.25 bits per heavy atom. The van der Waals surface area contributed by atoms with Gasteiger partial charge in [0.15, 0.2) is 0 Å². The van der Waals surface area contributed by atoms with E-state index >= 15 is 0 Å². The number of nitrogens with zero attached hydrogens (tertiary/aromatic N) is 3. The molecule has 2 N–H and O–H groups in total. The first-order valence-electron chi connectivity index (χ1n) is 4.45. The molecule has 16 heavy (non-hydrogen) atoms. The highest BCUT2D eigenvalue weighted by Crippen LogP contribution is 2.11. The minimum absolute atomic E-state index is 0.317. The highest BCUT2D eigenvalue weighted by molar-refractivity contribution is 8.13. The van der Waals surface area contributed by atoms with E-state index < -0.39 is 0 Å². The molecule has 0 bridgehead atoms. The lowest BCUT2D eigenvalue weighted by Crippen LogP contribution is -2.10. The van der Waals surface area contributed by atoms with Crippen LogP contribution in [0.4, 0.5) is 0 Å². The molecule has 0 atom stereocenters. The number of amidine groups is 1. The molecule has 0 saturated heterocycles. The molecule has 1 rings (SSSR count). The fourth-order valence-electron chi connectivity index (χ4n) is 1.04. The van der Waals surface area contributed by atoms with Crippen molar-refractivity contribution in [1.29, 1.82) is 5.26 Å². The van der Waals surface area contributed by atoms with Crippen molar-refractivity contribution in [2.24, 2.45) is 5.73 Å². The second-order valence-corrected chi connectivity index (χ2v) is 4.03. The predicted molar refractivity (Wildman–Crippen MR) is 68.1 cm³/mol. The molecule has 6 heteroatoms. The average Bonchev–Trinajstić information content (AvgIpc) is 2.28. The first-order valence-corrected chi connectivity index (χ1v) is 5.87. The molecule has 0 fully saturated rings. The van der Waals surface area contributed by atoms with Crippen LogP contribution in [0.25, 0.3) is 0 Å². The Balaban J connectivity index is 2.64. The van der Waals surface area contributed by atoms with Crippen LogP contribution in [0.1, 0.15) is 11.3 Å². The molecule has 0 aliphatic rings. The smallest absolute Gasteiger partial charge is 0.267 e. The average molecular weight is 254 g/mol. The van der Waals surface area contributed by atoms with Gasteiger partial charge in [-0.05, 0) is 41.1 Å². The summed E-state index contributed by atoms with van der Waals surface area (Å²) in [6.45, 7) is 0. The molecular formula is C10H10ClN4S+. The maximum absolute atomic E-state index is 8.55. The highest BCUT2D eigenvalue weighted by Gasteiger charge is 2.03. The van der Waals surface area contributed by atoms with Crippen LogP contribution in [0.15, 0.2) is 18.3 Å². The summed E-state index contributed by atoms with van der Waals surface area (Å²) in [5.74, 6) is 0.682. The Labute approximate surface area is 103 Å². The summed E-state index contributed by atoms with van der Waals surface area (Å²) in [6.07, 6.45) is 2.00. The summed E-state index contributed by atoms with van der Waals surface area (Å²) in [5, 5.41) is 8.96. The van der Waals surface area contributed by atoms with Gasteiger partial charge < -0.3 is 0 Å². The Hall–Kier alpha value is -1.47. The molecule has 0 aliphatic heterocycles. The number of nitrogens with two attached hydrogens (primary N) is 1. The van der Waals surface area contributed by atoms with E-state index in [1.54, 1.807) is 6.20 Å². The first kappa shape index (κ1) is 12.6. The number of hydrogen-bond donors (Lipinski definition) is 1. The number of pyridine rings is 1. The van der Waals surface area contributed by atoms with Gasteiger partial charge in [-0.2, -0.15) is 9.93 Å². The topological polar surface area (TPSA) is 76.8 Å². The van der Waals surface area contributed by atoms with Gasteiger partial charge in [0.2, 0.25) is 0 Å². The molecule has 0 radical (unpaired) electrons. The molecule has 0 aromatic carbocycles. The third-order valence-electron chi connectivity index (χ3n) is 1.70. The maximum atomic E-state index is 8.55. The van der Waals surface area contributed by atoms with Crippen molar-refractivity contribution < 1.29 is 0 Å². The molecule has 0 unspecified atom stereocenters. The summed E-state index contributed by atoms with van der Waals surface area (Å²) in [5.41, 5.74) is 8.51. The predicted octanol–water partition coefficient (Wildman–Crippen LogP) is 1.03. The minimum Gasteiger partial charge on any atom is -0.267 e. The summed E-state index contributed by atoms with van der Waals surface area (Å²) in [6, 6.07) is 5.82. The van der Waals surface area contributed by atoms with Gasteiger partial charge in [-0.1, -0.05) is 0 Å². The van der Waals surface area contributed by atoms with Crippen LogP contribution < -0.4 is 10.4 Å². The standard InChI is InChI=1S/C10H9ClN4S/c11-7-15-10(13)16-6-8-2-4-14-9(5-8)1-3-12/h2,4-5,7,13H,1,6H2/p+1. The summed E-state index contributed by atoms with van der Waals surface area (Å²) in [7, 11) is 0. The van der Waals surface area contributed by atoms with Gasteiger partial charge in [0, 0.05) is 11.9 Å². The zero-order chi connectivity index (χ0) is 11.8. The molecule has 1 aromatic rings. The summed E-state index contributed by atoms with van der Waals surface area (Å²) < 4.78 is 3.73. The van der Waals surface area contributed by atoms with Crippen molar-refractivity contribution in [2.45, 2.75) is 12.2 Å². The van der Waals surface area contributed by atoms with Crippen molar-refractivity contribution in [2.75, 3.05) is 0 Å². The van der Waals surface area contributed by atoms with E-state index in [4.69, 9.17) is 22.6 Å². The largest absolute Gasteiger partial charge is 0.403 e. The normalized spacial score (nSPS) is 9.00. The van der Waals surface area contributed by atoms with Gasteiger partial charge in [0.25, 0.3) is 5.67 Å². The molecule has 0 spiro atoms. The Morgan fingerprint density at radius 1 is 1.75 bits per heavy atom. The Bertz CT molecular complexity index is 460. The Kier molecular flexibility index (Phi) is 5.44. The van der Waals surface area contributed by atoms with Crippen LogP contribution in [-0.4, -0.2) is 15.8 Å². The van der Waals surface area contributed by atoms with E-state index in [-0.39, 0.29) is 0 Å². The Morgan fingerprint density at radius 2 is 2.56 bits per heavy atom. The maximum Gasteiger partial charge on any atom is 0.403 e. The number of aromatic nitrogens is 1. The van der Waals surface area contributed by atoms with Gasteiger partial charge >= 0.3 is 5.17 Å². The van der Waals surface area contributed by atoms with Crippen molar-refractivity contribution in [3.63, 3.8) is 0 Å². The number of nitriles is 1. The van der Waals surface area contributed by atoms with Gasteiger partial charge in [-0.25, -0.2) is 0 Å². The summed E-state index contributed by atoms with van der Waals surface area (Å²) >= 11 is 6.67. The van der Waals surface area contributed by atoms with Gasteiger partial charge in [-0.3, -0.25) is 10.7 Å². The molecule has 1 aromatic heterocycles. The number of hydrogen-bond acceptors (Lipinski definition) is 3. The lowest BCUT2D eigenvalue weighted by atomic mass is 10.2. The molecule has 0 amide bonds. The fourth-order valence-corrected chi connectivity index (χ4v) is 1.82. The van der Waals surface area contributed by atoms with Crippen molar-refractivity contribution in [3.05, 3.63) is 29.6 Å². The van der Waals surface area contributed by atoms with E-state index in [0.717, 1.165) is 16.9 Å². The molecule has 1 heterocycles. The first-order chi connectivity index (χ1) is 7.76. The zero-order valence-corrected chi connectivity index (χ0v) is 10.0. The fraction of sp³-hybridized carbons (Fsp3) is 0.200. The second-order valence-electron chi connectivity index (χ2n) is 2.84. The highest BCUT2D eigenvalue weighted by atomic mass is 35.5. The van der Waals surface area contributed by atoms with Gasteiger partial charge in [0.1, 0.15) is 0 Å². The quantitative estimate of drug-likeness (QED) is 0.496. The van der Waals surface area contributed by atoms with E-state index in [2.05, 4.69) is 15.7 Å². The van der Waals surface area contributed by atoms with Crippen LogP contribution in [0.5, 0.6) is 0 Å². The van der Waals surface area contributed by atoms with Crippen LogP contribution in [-0.2, 0) is 12.2 Å². The monoisotopic (exact) mass is 253 g/mol. The SMILES string of the molecule is N#CCc1cc(CSC(N)=[N+]=CCl)ccn1. The van der Waals surface area contributed by atoms with Crippen LogP contribution in [0.3, 0.4) is 0 Å². The number of rotatable bonds is 3. The van der Waals surface area contributed by atoms with Gasteiger partial charge in [-0.15, -0.1) is 0 Å². The third-order valence-corrected chi connectivity index (χ3v) is 2.68. The zero-order valence-electron chi connectivity index (χ0n) is 8.43. The van der Waals surface area contributed by atoms with E-state index in [0.29, 0.717) is 17.3 Å². The lowest BCUT2D eigenvalue weighted by Gasteiger charge is -1.98. The molecule has 4 nitrogen and oxygen atoms in total. The van der Waals surface area contributed by atoms with Crippen LogP contribution >= 0.6 is 23.4 Å². The minimum atomic E-state index is 0.317. The van der Waals surface area contributed by atoms with E-state index in [9.17, 15) is 0 Å². The van der Waals surface area contributed by atoms with Crippen molar-refractivity contribution >= 4 is 34.2 Å².